The maximum absolute atomic E-state index is 11.3. The number of carbonyl (C=O) groups is 2. The number of rotatable bonds is 6. The molecule has 0 unspecified atom stereocenters. The van der Waals surface area contributed by atoms with Crippen LogP contribution in [0.25, 0.3) is 6.08 Å². The molecular formula is C11H15N3O3. The lowest BCUT2D eigenvalue weighted by molar-refractivity contribution is -0.137. The fraction of sp³-hybridized carbons (Fsp3) is 0.364. The van der Waals surface area contributed by atoms with Crippen LogP contribution in [0.15, 0.2) is 18.5 Å². The lowest BCUT2D eigenvalue weighted by Gasteiger charge is -1.99. The molecule has 0 aliphatic heterocycles. The van der Waals surface area contributed by atoms with E-state index in [1.807, 2.05) is 0 Å². The van der Waals surface area contributed by atoms with Gasteiger partial charge in [0.1, 0.15) is 0 Å². The second-order valence-corrected chi connectivity index (χ2v) is 3.57. The highest BCUT2D eigenvalue weighted by molar-refractivity contribution is 5.91. The number of carbonyl (C=O) groups excluding carboxylic acids is 1. The molecule has 1 amide bonds. The zero-order valence-corrected chi connectivity index (χ0v) is 9.59. The van der Waals surface area contributed by atoms with Crippen LogP contribution < -0.4 is 5.32 Å². The van der Waals surface area contributed by atoms with E-state index in [1.165, 1.54) is 6.08 Å². The third kappa shape index (κ3) is 5.50. The van der Waals surface area contributed by atoms with Crippen LogP contribution in [0, 0.1) is 0 Å². The van der Waals surface area contributed by atoms with E-state index < -0.39 is 5.97 Å². The predicted molar refractivity (Wildman–Crippen MR) is 62.1 cm³/mol. The van der Waals surface area contributed by atoms with Crippen molar-refractivity contribution in [2.45, 2.75) is 12.8 Å². The molecule has 92 valence electrons. The van der Waals surface area contributed by atoms with Crippen LogP contribution in [0.5, 0.6) is 0 Å². The van der Waals surface area contributed by atoms with Gasteiger partial charge in [-0.05, 0) is 12.5 Å². The van der Waals surface area contributed by atoms with Crippen LogP contribution in [0.2, 0.25) is 0 Å². The van der Waals surface area contributed by atoms with Crippen molar-refractivity contribution in [3.05, 3.63) is 24.0 Å². The van der Waals surface area contributed by atoms with Crippen LogP contribution >= 0.6 is 0 Å². The minimum Gasteiger partial charge on any atom is -0.481 e. The Morgan fingerprint density at radius 2 is 2.35 bits per heavy atom. The Labute approximate surface area is 98.9 Å². The van der Waals surface area contributed by atoms with Gasteiger partial charge in [0, 0.05) is 37.8 Å². The minimum absolute atomic E-state index is 0.0621. The summed E-state index contributed by atoms with van der Waals surface area (Å²) in [6.07, 6.45) is 6.98. The molecule has 17 heavy (non-hydrogen) atoms. The SMILES string of the molecule is Cn1cc(/C=C/C(=O)NCCCC(=O)O)cn1. The van der Waals surface area contributed by atoms with Gasteiger partial charge in [0.15, 0.2) is 0 Å². The normalized spacial score (nSPS) is 10.6. The molecule has 1 aromatic rings. The lowest BCUT2D eigenvalue weighted by atomic mass is 10.3. The van der Waals surface area contributed by atoms with Gasteiger partial charge in [-0.15, -0.1) is 0 Å². The number of nitrogens with one attached hydrogen (secondary N) is 1. The van der Waals surface area contributed by atoms with Crippen molar-refractivity contribution in [2.75, 3.05) is 6.54 Å². The summed E-state index contributed by atoms with van der Waals surface area (Å²) in [5, 5.41) is 15.0. The van der Waals surface area contributed by atoms with E-state index in [1.54, 1.807) is 30.2 Å². The summed E-state index contributed by atoms with van der Waals surface area (Å²) in [7, 11) is 1.79. The average molecular weight is 237 g/mol. The van der Waals surface area contributed by atoms with E-state index in [0.29, 0.717) is 13.0 Å². The van der Waals surface area contributed by atoms with E-state index in [0.717, 1.165) is 5.56 Å². The molecular weight excluding hydrogens is 222 g/mol. The second kappa shape index (κ2) is 6.47. The molecule has 0 spiro atoms. The number of hydrogen-bond donors (Lipinski definition) is 2. The van der Waals surface area contributed by atoms with Gasteiger partial charge in [-0.1, -0.05) is 0 Å². The second-order valence-electron chi connectivity index (χ2n) is 3.57. The molecule has 1 aromatic heterocycles. The van der Waals surface area contributed by atoms with Crippen LogP contribution in [0.4, 0.5) is 0 Å². The number of nitrogens with zero attached hydrogens (tertiary/aromatic N) is 2. The number of carboxylic acids is 1. The molecule has 2 N–H and O–H groups in total. The largest absolute Gasteiger partial charge is 0.481 e. The smallest absolute Gasteiger partial charge is 0.303 e. The number of carboxylic acid groups (broad SMARTS) is 1. The summed E-state index contributed by atoms with van der Waals surface area (Å²) in [4.78, 5) is 21.5. The number of aryl methyl sites for hydroxylation is 1. The quantitative estimate of drug-likeness (QED) is 0.554. The highest BCUT2D eigenvalue weighted by atomic mass is 16.4. The minimum atomic E-state index is -0.856. The van der Waals surface area contributed by atoms with Crippen molar-refractivity contribution in [3.63, 3.8) is 0 Å². The molecule has 1 heterocycles. The Hall–Kier alpha value is -2.11. The molecule has 0 aromatic carbocycles. The maximum Gasteiger partial charge on any atom is 0.303 e. The molecule has 0 saturated carbocycles. The monoisotopic (exact) mass is 237 g/mol. The Bertz CT molecular complexity index is 423. The first-order chi connectivity index (χ1) is 8.08. The molecule has 0 aliphatic carbocycles. The summed E-state index contributed by atoms with van der Waals surface area (Å²) in [5.41, 5.74) is 0.841. The zero-order valence-electron chi connectivity index (χ0n) is 9.59. The Morgan fingerprint density at radius 1 is 1.59 bits per heavy atom. The number of aromatic nitrogens is 2. The van der Waals surface area contributed by atoms with Crippen LogP contribution in [-0.4, -0.2) is 33.3 Å². The van der Waals surface area contributed by atoms with E-state index >= 15 is 0 Å². The Morgan fingerprint density at radius 3 is 2.94 bits per heavy atom. The number of hydrogen-bond acceptors (Lipinski definition) is 3. The molecule has 0 bridgehead atoms. The third-order valence-corrected chi connectivity index (χ3v) is 2.02. The third-order valence-electron chi connectivity index (χ3n) is 2.02. The molecule has 0 atom stereocenters. The molecule has 0 radical (unpaired) electrons. The molecule has 6 heteroatoms. The van der Waals surface area contributed by atoms with Crippen molar-refractivity contribution in [3.8, 4) is 0 Å². The maximum atomic E-state index is 11.3. The van der Waals surface area contributed by atoms with E-state index in [2.05, 4.69) is 10.4 Å². The van der Waals surface area contributed by atoms with Crippen molar-refractivity contribution >= 4 is 18.0 Å². The van der Waals surface area contributed by atoms with Gasteiger partial charge >= 0.3 is 5.97 Å². The van der Waals surface area contributed by atoms with Crippen molar-refractivity contribution in [1.82, 2.24) is 15.1 Å². The summed E-state index contributed by atoms with van der Waals surface area (Å²) >= 11 is 0. The lowest BCUT2D eigenvalue weighted by Crippen LogP contribution is -2.22. The van der Waals surface area contributed by atoms with Crippen molar-refractivity contribution in [1.29, 1.82) is 0 Å². The number of aliphatic carboxylic acids is 1. The Kier molecular flexibility index (Phi) is 4.93. The first-order valence-corrected chi connectivity index (χ1v) is 5.24. The summed E-state index contributed by atoms with van der Waals surface area (Å²) < 4.78 is 1.64. The summed E-state index contributed by atoms with van der Waals surface area (Å²) in [6.45, 7) is 0.364. The van der Waals surface area contributed by atoms with Gasteiger partial charge < -0.3 is 10.4 Å². The molecule has 6 nitrogen and oxygen atoms in total. The zero-order chi connectivity index (χ0) is 12.7. The first kappa shape index (κ1) is 13.0. The molecule has 1 rings (SSSR count). The van der Waals surface area contributed by atoms with Gasteiger partial charge in [0.2, 0.25) is 5.91 Å². The van der Waals surface area contributed by atoms with E-state index in [9.17, 15) is 9.59 Å². The molecule has 0 aliphatic rings. The van der Waals surface area contributed by atoms with Gasteiger partial charge in [-0.3, -0.25) is 14.3 Å². The summed E-state index contributed by atoms with van der Waals surface area (Å²) in [6, 6.07) is 0. The fourth-order valence-electron chi connectivity index (χ4n) is 1.21. The van der Waals surface area contributed by atoms with Crippen LogP contribution in [-0.2, 0) is 16.6 Å². The fourth-order valence-corrected chi connectivity index (χ4v) is 1.21. The highest BCUT2D eigenvalue weighted by Crippen LogP contribution is 1.98. The standard InChI is InChI=1S/C11H15N3O3/c1-14-8-9(7-13-14)4-5-10(15)12-6-2-3-11(16)17/h4-5,7-8H,2-3,6H2,1H3,(H,12,15)(H,16,17)/b5-4+. The van der Waals surface area contributed by atoms with E-state index in [4.69, 9.17) is 5.11 Å². The van der Waals surface area contributed by atoms with E-state index in [-0.39, 0.29) is 12.3 Å². The summed E-state index contributed by atoms with van der Waals surface area (Å²) in [5.74, 6) is -1.09. The van der Waals surface area contributed by atoms with Gasteiger partial charge in [0.05, 0.1) is 6.20 Å². The number of amides is 1. The van der Waals surface area contributed by atoms with Gasteiger partial charge in [-0.2, -0.15) is 5.10 Å². The van der Waals surface area contributed by atoms with Gasteiger partial charge in [-0.25, -0.2) is 0 Å². The highest BCUT2D eigenvalue weighted by Gasteiger charge is 1.98. The molecule has 0 fully saturated rings. The van der Waals surface area contributed by atoms with Crippen molar-refractivity contribution < 1.29 is 14.7 Å². The van der Waals surface area contributed by atoms with Crippen LogP contribution in [0.1, 0.15) is 18.4 Å². The first-order valence-electron chi connectivity index (χ1n) is 5.24. The molecule has 0 saturated heterocycles. The van der Waals surface area contributed by atoms with Gasteiger partial charge in [0.25, 0.3) is 0 Å². The Balaban J connectivity index is 2.25. The predicted octanol–water partition coefficient (Wildman–Crippen LogP) is 0.414. The average Bonchev–Trinajstić information content (AvgIpc) is 2.67. The van der Waals surface area contributed by atoms with Crippen LogP contribution in [0.3, 0.4) is 0 Å². The van der Waals surface area contributed by atoms with Crippen molar-refractivity contribution in [2.24, 2.45) is 7.05 Å². The topological polar surface area (TPSA) is 84.2 Å².